The molecule has 0 aliphatic heterocycles. The summed E-state index contributed by atoms with van der Waals surface area (Å²) in [6.07, 6.45) is 0. The van der Waals surface area contributed by atoms with E-state index in [9.17, 15) is 9.90 Å². The van der Waals surface area contributed by atoms with Gasteiger partial charge < -0.3 is 20.9 Å². The van der Waals surface area contributed by atoms with Gasteiger partial charge in [-0.3, -0.25) is 4.79 Å². The first kappa shape index (κ1) is 19.6. The third kappa shape index (κ3) is 4.97. The average molecular weight is 376 g/mol. The highest BCUT2D eigenvalue weighted by atomic mass is 16.5. The van der Waals surface area contributed by atoms with Crippen molar-refractivity contribution in [1.82, 2.24) is 0 Å². The van der Waals surface area contributed by atoms with Gasteiger partial charge in [0.1, 0.15) is 17.9 Å². The zero-order valence-corrected chi connectivity index (χ0v) is 15.8. The van der Waals surface area contributed by atoms with Crippen LogP contribution < -0.4 is 15.8 Å². The first-order valence-corrected chi connectivity index (χ1v) is 9.06. The number of nitrogens with two attached hydrogens (primary N) is 1. The molecule has 4 N–H and O–H groups in total. The van der Waals surface area contributed by atoms with E-state index in [0.29, 0.717) is 12.3 Å². The van der Waals surface area contributed by atoms with Crippen LogP contribution in [0.15, 0.2) is 78.9 Å². The van der Waals surface area contributed by atoms with Crippen LogP contribution in [0.3, 0.4) is 0 Å². The summed E-state index contributed by atoms with van der Waals surface area (Å²) < 4.78 is 5.89. The highest BCUT2D eigenvalue weighted by Gasteiger charge is 2.27. The van der Waals surface area contributed by atoms with E-state index in [-0.39, 0.29) is 0 Å². The van der Waals surface area contributed by atoms with E-state index >= 15 is 0 Å². The second-order valence-electron chi connectivity index (χ2n) is 6.91. The fourth-order valence-corrected chi connectivity index (χ4v) is 2.60. The molecule has 0 bridgehead atoms. The number of benzene rings is 3. The first-order chi connectivity index (χ1) is 13.5. The third-order valence-corrected chi connectivity index (χ3v) is 4.41. The standard InChI is InChI=1S/C23H24N2O3/c1-23(24,16-26)22(27)25-20-12-10-18(11-13-20)19-8-5-9-21(14-19)28-15-17-6-3-2-4-7-17/h2-14,26H,15-16,24H2,1H3,(H,25,27)/t23-/m0/s1. The molecule has 0 aliphatic rings. The van der Waals surface area contributed by atoms with E-state index in [1.807, 2.05) is 66.7 Å². The lowest BCUT2D eigenvalue weighted by Crippen LogP contribution is -2.51. The maximum atomic E-state index is 12.0. The molecule has 3 aromatic rings. The van der Waals surface area contributed by atoms with Gasteiger partial charge >= 0.3 is 0 Å². The molecule has 1 amide bonds. The summed E-state index contributed by atoms with van der Waals surface area (Å²) in [7, 11) is 0. The van der Waals surface area contributed by atoms with Crippen LogP contribution in [-0.4, -0.2) is 23.2 Å². The van der Waals surface area contributed by atoms with E-state index in [2.05, 4.69) is 5.32 Å². The van der Waals surface area contributed by atoms with Gasteiger partial charge in [-0.05, 0) is 47.9 Å². The van der Waals surface area contributed by atoms with Crippen molar-refractivity contribution in [3.05, 3.63) is 84.4 Å². The monoisotopic (exact) mass is 376 g/mol. The number of anilines is 1. The van der Waals surface area contributed by atoms with Crippen molar-refractivity contribution in [2.75, 3.05) is 11.9 Å². The Bertz CT molecular complexity index is 922. The molecule has 3 rings (SSSR count). The van der Waals surface area contributed by atoms with Crippen LogP contribution in [-0.2, 0) is 11.4 Å². The summed E-state index contributed by atoms with van der Waals surface area (Å²) in [6.45, 7) is 1.57. The highest BCUT2D eigenvalue weighted by Crippen LogP contribution is 2.26. The molecule has 0 fully saturated rings. The molecule has 144 valence electrons. The zero-order chi connectivity index (χ0) is 20.0. The minimum atomic E-state index is -1.32. The number of amides is 1. The zero-order valence-electron chi connectivity index (χ0n) is 15.8. The molecular weight excluding hydrogens is 352 g/mol. The lowest BCUT2D eigenvalue weighted by atomic mass is 10.0. The predicted octanol–water partition coefficient (Wildman–Crippen LogP) is 3.58. The summed E-state index contributed by atoms with van der Waals surface area (Å²) in [5.41, 5.74) is 8.17. The van der Waals surface area contributed by atoms with Gasteiger partial charge in [0, 0.05) is 5.69 Å². The van der Waals surface area contributed by atoms with Gasteiger partial charge in [-0.25, -0.2) is 0 Å². The van der Waals surface area contributed by atoms with Crippen LogP contribution in [0.4, 0.5) is 5.69 Å². The summed E-state index contributed by atoms with van der Waals surface area (Å²) in [6, 6.07) is 25.3. The molecule has 5 heteroatoms. The maximum absolute atomic E-state index is 12.0. The lowest BCUT2D eigenvalue weighted by molar-refractivity contribution is -0.121. The van der Waals surface area contributed by atoms with Crippen LogP contribution in [0.5, 0.6) is 5.75 Å². The number of ether oxygens (including phenoxy) is 1. The second kappa shape index (κ2) is 8.69. The fourth-order valence-electron chi connectivity index (χ4n) is 2.60. The van der Waals surface area contributed by atoms with Crippen molar-refractivity contribution in [3.63, 3.8) is 0 Å². The van der Waals surface area contributed by atoms with Crippen LogP contribution in [0.25, 0.3) is 11.1 Å². The molecule has 0 aliphatic carbocycles. The number of carbonyl (C=O) groups excluding carboxylic acids is 1. The van der Waals surface area contributed by atoms with Crippen LogP contribution in [0, 0.1) is 0 Å². The van der Waals surface area contributed by atoms with Gasteiger partial charge in [-0.1, -0.05) is 54.6 Å². The summed E-state index contributed by atoms with van der Waals surface area (Å²) in [5.74, 6) is 0.361. The Labute approximate surface area is 164 Å². The van der Waals surface area contributed by atoms with Gasteiger partial charge in [0.05, 0.1) is 6.61 Å². The number of aliphatic hydroxyl groups is 1. The van der Waals surface area contributed by atoms with Crippen molar-refractivity contribution < 1.29 is 14.6 Å². The number of rotatable bonds is 7. The van der Waals surface area contributed by atoms with Crippen LogP contribution >= 0.6 is 0 Å². The molecule has 0 radical (unpaired) electrons. The molecule has 0 spiro atoms. The summed E-state index contributed by atoms with van der Waals surface area (Å²) in [5, 5.41) is 11.9. The molecule has 0 unspecified atom stereocenters. The van der Waals surface area contributed by atoms with E-state index in [0.717, 1.165) is 22.4 Å². The van der Waals surface area contributed by atoms with Crippen molar-refractivity contribution in [2.45, 2.75) is 19.1 Å². The van der Waals surface area contributed by atoms with Gasteiger partial charge in [0.25, 0.3) is 0 Å². The van der Waals surface area contributed by atoms with Crippen molar-refractivity contribution in [3.8, 4) is 16.9 Å². The van der Waals surface area contributed by atoms with E-state index < -0.39 is 18.1 Å². The quantitative estimate of drug-likeness (QED) is 0.588. The van der Waals surface area contributed by atoms with Gasteiger partial charge in [-0.2, -0.15) is 0 Å². The molecule has 0 saturated carbocycles. The number of nitrogens with one attached hydrogen (secondary N) is 1. The largest absolute Gasteiger partial charge is 0.489 e. The average Bonchev–Trinajstić information content (AvgIpc) is 2.73. The first-order valence-electron chi connectivity index (χ1n) is 9.06. The van der Waals surface area contributed by atoms with E-state index in [1.54, 1.807) is 12.1 Å². The minimum absolute atomic E-state index is 0.424. The molecule has 5 nitrogen and oxygen atoms in total. The smallest absolute Gasteiger partial charge is 0.246 e. The number of hydrogen-bond acceptors (Lipinski definition) is 4. The Kier molecular flexibility index (Phi) is 6.09. The van der Waals surface area contributed by atoms with Crippen LogP contribution in [0.1, 0.15) is 12.5 Å². The summed E-state index contributed by atoms with van der Waals surface area (Å²) in [4.78, 5) is 12.0. The van der Waals surface area contributed by atoms with E-state index in [1.165, 1.54) is 6.92 Å². The lowest BCUT2D eigenvalue weighted by Gasteiger charge is -2.20. The minimum Gasteiger partial charge on any atom is -0.489 e. The Morgan fingerprint density at radius 2 is 1.71 bits per heavy atom. The molecule has 0 heterocycles. The molecule has 0 saturated heterocycles. The Hall–Kier alpha value is -3.15. The number of carbonyl (C=O) groups is 1. The number of hydrogen-bond donors (Lipinski definition) is 3. The highest BCUT2D eigenvalue weighted by molar-refractivity contribution is 5.97. The number of aliphatic hydroxyl groups excluding tert-OH is 1. The van der Waals surface area contributed by atoms with Crippen LogP contribution in [0.2, 0.25) is 0 Å². The maximum Gasteiger partial charge on any atom is 0.246 e. The fraction of sp³-hybridized carbons (Fsp3) is 0.174. The van der Waals surface area contributed by atoms with Crippen molar-refractivity contribution in [1.29, 1.82) is 0 Å². The SMILES string of the molecule is C[C@](N)(CO)C(=O)Nc1ccc(-c2cccc(OCc3ccccc3)c2)cc1. The Morgan fingerprint density at radius 3 is 2.39 bits per heavy atom. The Morgan fingerprint density at radius 1 is 1.00 bits per heavy atom. The third-order valence-electron chi connectivity index (χ3n) is 4.41. The molecule has 0 aromatic heterocycles. The molecule has 3 aromatic carbocycles. The van der Waals surface area contributed by atoms with Gasteiger partial charge in [-0.15, -0.1) is 0 Å². The Balaban J connectivity index is 1.67. The second-order valence-corrected chi connectivity index (χ2v) is 6.91. The molecular formula is C23H24N2O3. The van der Waals surface area contributed by atoms with Gasteiger partial charge in [0.15, 0.2) is 0 Å². The molecule has 1 atom stereocenters. The van der Waals surface area contributed by atoms with Crippen molar-refractivity contribution >= 4 is 11.6 Å². The predicted molar refractivity (Wildman–Crippen MR) is 111 cm³/mol. The summed E-state index contributed by atoms with van der Waals surface area (Å²) >= 11 is 0. The van der Waals surface area contributed by atoms with E-state index in [4.69, 9.17) is 10.5 Å². The topological polar surface area (TPSA) is 84.6 Å². The molecule has 28 heavy (non-hydrogen) atoms. The van der Waals surface area contributed by atoms with Gasteiger partial charge in [0.2, 0.25) is 5.91 Å². The normalized spacial score (nSPS) is 12.8. The van der Waals surface area contributed by atoms with Crippen molar-refractivity contribution in [2.24, 2.45) is 5.73 Å².